The molecular weight excluding hydrogens is 381 g/mol. The molecule has 0 aliphatic carbocycles. The number of para-hydroxylation sites is 1. The molecule has 1 N–H and O–H groups in total. The summed E-state index contributed by atoms with van der Waals surface area (Å²) in [6.45, 7) is 5.34. The Labute approximate surface area is 176 Å². The predicted molar refractivity (Wildman–Crippen MR) is 115 cm³/mol. The number of benzene rings is 2. The average Bonchev–Trinajstić information content (AvgIpc) is 3.29. The minimum absolute atomic E-state index is 0.0727. The van der Waals surface area contributed by atoms with Gasteiger partial charge in [0.1, 0.15) is 11.6 Å². The Balaban J connectivity index is 1.42. The number of aryl methyl sites for hydroxylation is 1. The second kappa shape index (κ2) is 9.13. The van der Waals surface area contributed by atoms with Gasteiger partial charge in [-0.3, -0.25) is 9.69 Å². The van der Waals surface area contributed by atoms with Crippen LogP contribution in [0.2, 0.25) is 0 Å². The van der Waals surface area contributed by atoms with Gasteiger partial charge < -0.3 is 14.6 Å². The Bertz CT molecular complexity index is 982. The van der Waals surface area contributed by atoms with Gasteiger partial charge in [-0.1, -0.05) is 29.8 Å². The van der Waals surface area contributed by atoms with Crippen molar-refractivity contribution in [1.29, 1.82) is 0 Å². The Kier molecular flexibility index (Phi) is 6.14. The average molecular weight is 407 g/mol. The molecule has 1 saturated heterocycles. The topological polar surface area (TPSA) is 48.7 Å². The van der Waals surface area contributed by atoms with Crippen LogP contribution in [0.5, 0.6) is 0 Å². The van der Waals surface area contributed by atoms with Crippen LogP contribution in [0.4, 0.5) is 10.1 Å². The molecule has 30 heavy (non-hydrogen) atoms. The van der Waals surface area contributed by atoms with Crippen molar-refractivity contribution in [3.8, 4) is 0 Å². The van der Waals surface area contributed by atoms with Crippen LogP contribution < -0.4 is 10.2 Å². The first kappa shape index (κ1) is 20.2. The molecule has 2 aromatic carbocycles. The van der Waals surface area contributed by atoms with Crippen molar-refractivity contribution in [3.63, 3.8) is 0 Å². The maximum absolute atomic E-state index is 14.1. The summed E-state index contributed by atoms with van der Waals surface area (Å²) in [6.07, 6.45) is 1.65. The number of anilines is 1. The zero-order chi connectivity index (χ0) is 20.9. The number of hydrogen-bond acceptors (Lipinski definition) is 4. The van der Waals surface area contributed by atoms with E-state index < -0.39 is 0 Å². The molecule has 1 amide bonds. The second-order valence-electron chi connectivity index (χ2n) is 7.59. The highest BCUT2D eigenvalue weighted by Gasteiger charge is 2.28. The fourth-order valence-corrected chi connectivity index (χ4v) is 3.95. The maximum atomic E-state index is 14.1. The van der Waals surface area contributed by atoms with Crippen LogP contribution in [0.3, 0.4) is 0 Å². The van der Waals surface area contributed by atoms with Crippen LogP contribution in [-0.4, -0.2) is 43.5 Å². The van der Waals surface area contributed by atoms with Crippen molar-refractivity contribution >= 4 is 11.6 Å². The summed E-state index contributed by atoms with van der Waals surface area (Å²) in [5.41, 5.74) is 2.34. The normalized spacial score (nSPS) is 15.7. The molecule has 1 aliphatic heterocycles. The summed E-state index contributed by atoms with van der Waals surface area (Å²) < 4.78 is 19.8. The summed E-state index contributed by atoms with van der Waals surface area (Å²) in [5, 5.41) is 3.05. The van der Waals surface area contributed by atoms with Gasteiger partial charge in [0.2, 0.25) is 0 Å². The van der Waals surface area contributed by atoms with E-state index in [-0.39, 0.29) is 17.8 Å². The van der Waals surface area contributed by atoms with Gasteiger partial charge in [-0.05, 0) is 43.3 Å². The number of furan rings is 1. The fraction of sp³-hybridized carbons (Fsp3) is 0.292. The highest BCUT2D eigenvalue weighted by atomic mass is 19.1. The second-order valence-corrected chi connectivity index (χ2v) is 7.59. The Morgan fingerprint density at radius 1 is 1.07 bits per heavy atom. The van der Waals surface area contributed by atoms with Crippen molar-refractivity contribution in [3.05, 3.63) is 89.6 Å². The summed E-state index contributed by atoms with van der Waals surface area (Å²) in [4.78, 5) is 17.0. The number of rotatable bonds is 6. The van der Waals surface area contributed by atoms with Crippen LogP contribution in [0, 0.1) is 12.7 Å². The van der Waals surface area contributed by atoms with E-state index >= 15 is 0 Å². The highest BCUT2D eigenvalue weighted by Crippen LogP contribution is 2.25. The van der Waals surface area contributed by atoms with Crippen molar-refractivity contribution in [2.45, 2.75) is 13.0 Å². The molecule has 1 aromatic heterocycles. The van der Waals surface area contributed by atoms with E-state index in [1.807, 2.05) is 55.5 Å². The first-order valence-electron chi connectivity index (χ1n) is 10.2. The van der Waals surface area contributed by atoms with Crippen molar-refractivity contribution < 1.29 is 13.6 Å². The summed E-state index contributed by atoms with van der Waals surface area (Å²) in [6, 6.07) is 18.2. The lowest BCUT2D eigenvalue weighted by Gasteiger charge is -2.39. The Morgan fingerprint density at radius 3 is 2.57 bits per heavy atom. The molecule has 6 heteroatoms. The lowest BCUT2D eigenvalue weighted by molar-refractivity contribution is 0.0922. The van der Waals surface area contributed by atoms with Crippen molar-refractivity contribution in [2.24, 2.45) is 0 Å². The quantitative estimate of drug-likeness (QED) is 0.671. The van der Waals surface area contributed by atoms with Gasteiger partial charge in [0.05, 0.1) is 18.0 Å². The van der Waals surface area contributed by atoms with Crippen LogP contribution in [0.15, 0.2) is 71.3 Å². The SMILES string of the molecule is Cc1cccc(C(=O)NCC(c2ccco2)N2CCN(c3ccccc3F)CC2)c1. The number of carbonyl (C=O) groups is 1. The van der Waals surface area contributed by atoms with E-state index in [1.165, 1.54) is 6.07 Å². The van der Waals surface area contributed by atoms with E-state index in [0.717, 1.165) is 24.4 Å². The summed E-state index contributed by atoms with van der Waals surface area (Å²) in [5.74, 6) is 0.526. The zero-order valence-corrected chi connectivity index (χ0v) is 17.1. The van der Waals surface area contributed by atoms with Crippen LogP contribution >= 0.6 is 0 Å². The molecule has 1 aliphatic rings. The van der Waals surface area contributed by atoms with Gasteiger partial charge in [-0.2, -0.15) is 0 Å². The predicted octanol–water partition coefficient (Wildman–Crippen LogP) is 4.02. The first-order chi connectivity index (χ1) is 14.6. The largest absolute Gasteiger partial charge is 0.468 e. The summed E-state index contributed by atoms with van der Waals surface area (Å²) in [7, 11) is 0. The molecule has 156 valence electrons. The van der Waals surface area contributed by atoms with E-state index in [1.54, 1.807) is 12.3 Å². The van der Waals surface area contributed by atoms with E-state index in [9.17, 15) is 9.18 Å². The Morgan fingerprint density at radius 2 is 1.87 bits per heavy atom. The van der Waals surface area contributed by atoms with Crippen LogP contribution in [0.25, 0.3) is 0 Å². The third kappa shape index (κ3) is 4.54. The van der Waals surface area contributed by atoms with Crippen LogP contribution in [-0.2, 0) is 0 Å². The number of carbonyl (C=O) groups excluding carboxylic acids is 1. The van der Waals surface area contributed by atoms with Gasteiger partial charge in [-0.15, -0.1) is 0 Å². The molecule has 1 atom stereocenters. The number of hydrogen-bond donors (Lipinski definition) is 1. The van der Waals surface area contributed by atoms with Crippen molar-refractivity contribution in [1.82, 2.24) is 10.2 Å². The third-order valence-corrected chi connectivity index (χ3v) is 5.56. The molecule has 1 fully saturated rings. The molecule has 0 spiro atoms. The molecule has 0 radical (unpaired) electrons. The molecule has 2 heterocycles. The van der Waals surface area contributed by atoms with E-state index in [4.69, 9.17) is 4.42 Å². The lowest BCUT2D eigenvalue weighted by Crippen LogP contribution is -2.50. The maximum Gasteiger partial charge on any atom is 0.251 e. The Hall–Kier alpha value is -3.12. The van der Waals surface area contributed by atoms with Gasteiger partial charge in [0, 0.05) is 38.3 Å². The minimum atomic E-state index is -0.195. The van der Waals surface area contributed by atoms with E-state index in [2.05, 4.69) is 15.1 Å². The molecule has 5 nitrogen and oxygen atoms in total. The fourth-order valence-electron chi connectivity index (χ4n) is 3.95. The monoisotopic (exact) mass is 407 g/mol. The van der Waals surface area contributed by atoms with E-state index in [0.29, 0.717) is 30.9 Å². The molecule has 0 bridgehead atoms. The molecule has 3 aromatic rings. The third-order valence-electron chi connectivity index (χ3n) is 5.56. The minimum Gasteiger partial charge on any atom is -0.468 e. The number of piperazine rings is 1. The first-order valence-corrected chi connectivity index (χ1v) is 10.2. The van der Waals surface area contributed by atoms with Crippen LogP contribution in [0.1, 0.15) is 27.7 Å². The van der Waals surface area contributed by atoms with Gasteiger partial charge >= 0.3 is 0 Å². The molecular formula is C24H26FN3O2. The molecule has 4 rings (SSSR count). The number of amides is 1. The molecule has 0 saturated carbocycles. The van der Waals surface area contributed by atoms with Gasteiger partial charge in [0.15, 0.2) is 0 Å². The standard InChI is InChI=1S/C24H26FN3O2/c1-18-6-4-7-19(16-18)24(29)26-17-22(23-10-5-15-30-23)28-13-11-27(12-14-28)21-9-3-2-8-20(21)25/h2-10,15-16,22H,11-14,17H2,1H3,(H,26,29). The zero-order valence-electron chi connectivity index (χ0n) is 17.1. The number of nitrogens with zero attached hydrogens (tertiary/aromatic N) is 2. The van der Waals surface area contributed by atoms with Crippen molar-refractivity contribution in [2.75, 3.05) is 37.6 Å². The van der Waals surface area contributed by atoms with Gasteiger partial charge in [-0.25, -0.2) is 4.39 Å². The lowest BCUT2D eigenvalue weighted by atomic mass is 10.1. The number of halogens is 1. The molecule has 1 unspecified atom stereocenters. The highest BCUT2D eigenvalue weighted by molar-refractivity contribution is 5.94. The van der Waals surface area contributed by atoms with Gasteiger partial charge in [0.25, 0.3) is 5.91 Å². The smallest absolute Gasteiger partial charge is 0.251 e. The number of nitrogens with one attached hydrogen (secondary N) is 1. The summed E-state index contributed by atoms with van der Waals surface area (Å²) >= 11 is 0.